The van der Waals surface area contributed by atoms with E-state index in [9.17, 15) is 13.6 Å². The van der Waals surface area contributed by atoms with Crippen LogP contribution < -0.4 is 0 Å². The summed E-state index contributed by atoms with van der Waals surface area (Å²) in [4.78, 5) is 12.9. The Hall–Kier alpha value is -1.49. The number of carbonyl (C=O) groups is 1. The molecule has 0 heterocycles. The second-order valence-corrected chi connectivity index (χ2v) is 5.31. The molecule has 1 aromatic carbocycles. The summed E-state index contributed by atoms with van der Waals surface area (Å²) in [6.45, 7) is 0.967. The zero-order valence-corrected chi connectivity index (χ0v) is 10.8. The van der Waals surface area contributed by atoms with Gasteiger partial charge >= 0.3 is 5.97 Å². The summed E-state index contributed by atoms with van der Waals surface area (Å²) in [6, 6.07) is 3.39. The van der Waals surface area contributed by atoms with Gasteiger partial charge in [-0.3, -0.25) is 4.79 Å². The van der Waals surface area contributed by atoms with Crippen molar-refractivity contribution >= 4 is 5.97 Å². The zero-order chi connectivity index (χ0) is 14.0. The van der Waals surface area contributed by atoms with Crippen LogP contribution in [0.5, 0.6) is 0 Å². The van der Waals surface area contributed by atoms with E-state index in [0.29, 0.717) is 37.9 Å². The Morgan fingerprint density at radius 2 is 2.11 bits per heavy atom. The highest BCUT2D eigenvalue weighted by Crippen LogP contribution is 2.46. The molecule has 3 nitrogen and oxygen atoms in total. The summed E-state index contributed by atoms with van der Waals surface area (Å²) < 4.78 is 26.4. The molecule has 0 spiro atoms. The predicted molar refractivity (Wildman–Crippen MR) is 66.9 cm³/mol. The molecule has 0 saturated heterocycles. The van der Waals surface area contributed by atoms with Gasteiger partial charge in [-0.1, -0.05) is 0 Å². The molecule has 2 rings (SSSR count). The molecule has 0 bridgehead atoms. The molecule has 5 heteroatoms. The Morgan fingerprint density at radius 1 is 1.42 bits per heavy atom. The maximum absolute atomic E-state index is 13.4. The minimum atomic E-state index is -0.767. The van der Waals surface area contributed by atoms with E-state index in [2.05, 4.69) is 0 Å². The minimum Gasteiger partial charge on any atom is -0.481 e. The first-order valence-electron chi connectivity index (χ1n) is 6.29. The van der Waals surface area contributed by atoms with Crippen LogP contribution in [0.4, 0.5) is 8.78 Å². The Balaban J connectivity index is 1.88. The average Bonchev–Trinajstić information content (AvgIpc) is 3.11. The van der Waals surface area contributed by atoms with Crippen LogP contribution >= 0.6 is 0 Å². The molecular weight excluding hydrogens is 252 g/mol. The first kappa shape index (κ1) is 13.9. The molecule has 0 aromatic heterocycles. The molecule has 0 amide bonds. The number of benzene rings is 1. The van der Waals surface area contributed by atoms with Gasteiger partial charge in [0.05, 0.1) is 5.41 Å². The van der Waals surface area contributed by atoms with E-state index < -0.39 is 23.0 Å². The highest BCUT2D eigenvalue weighted by Gasteiger charge is 2.50. The number of rotatable bonds is 6. The fourth-order valence-corrected chi connectivity index (χ4v) is 2.23. The Kier molecular flexibility index (Phi) is 3.85. The van der Waals surface area contributed by atoms with Crippen LogP contribution in [0.2, 0.25) is 0 Å². The van der Waals surface area contributed by atoms with E-state index in [4.69, 9.17) is 5.11 Å². The van der Waals surface area contributed by atoms with Gasteiger partial charge in [0.15, 0.2) is 0 Å². The van der Waals surface area contributed by atoms with Gasteiger partial charge in [0.2, 0.25) is 0 Å². The molecule has 0 aliphatic heterocycles. The van der Waals surface area contributed by atoms with Gasteiger partial charge in [-0.25, -0.2) is 8.78 Å². The maximum atomic E-state index is 13.4. The molecule has 19 heavy (non-hydrogen) atoms. The topological polar surface area (TPSA) is 40.5 Å². The fourth-order valence-electron chi connectivity index (χ4n) is 2.23. The number of carboxylic acids is 1. The van der Waals surface area contributed by atoms with E-state index in [1.165, 1.54) is 6.07 Å². The van der Waals surface area contributed by atoms with E-state index >= 15 is 0 Å². The van der Waals surface area contributed by atoms with Crippen LogP contribution in [0, 0.1) is 17.0 Å². The highest BCUT2D eigenvalue weighted by molar-refractivity contribution is 5.78. The highest BCUT2D eigenvalue weighted by atomic mass is 19.1. The van der Waals surface area contributed by atoms with Crippen LogP contribution in [0.15, 0.2) is 18.2 Å². The lowest BCUT2D eigenvalue weighted by molar-refractivity contribution is -0.144. The number of halogens is 2. The standard InChI is InChI=1S/C14H17F2NO2/c1-17(9-14(5-6-14)13(18)19)7-4-10-8-11(15)2-3-12(10)16/h2-3,8H,4-7,9H2,1H3,(H,18,19). The monoisotopic (exact) mass is 269 g/mol. The average molecular weight is 269 g/mol. The third-order valence-corrected chi connectivity index (χ3v) is 3.65. The summed E-state index contributed by atoms with van der Waals surface area (Å²) in [5.74, 6) is -1.64. The molecule has 1 saturated carbocycles. The number of hydrogen-bond donors (Lipinski definition) is 1. The summed E-state index contributed by atoms with van der Waals surface area (Å²) in [5.41, 5.74) is -0.290. The molecule has 1 aromatic rings. The largest absolute Gasteiger partial charge is 0.481 e. The third-order valence-electron chi connectivity index (χ3n) is 3.65. The second-order valence-electron chi connectivity index (χ2n) is 5.31. The summed E-state index contributed by atoms with van der Waals surface area (Å²) in [7, 11) is 1.81. The van der Waals surface area contributed by atoms with Crippen molar-refractivity contribution in [3.63, 3.8) is 0 Å². The summed E-state index contributed by atoms with van der Waals surface area (Å²) in [5, 5.41) is 9.08. The van der Waals surface area contributed by atoms with E-state index in [1.54, 1.807) is 7.05 Å². The number of likely N-dealkylation sites (N-methyl/N-ethyl adjacent to an activating group) is 1. The zero-order valence-electron chi connectivity index (χ0n) is 10.8. The molecule has 0 unspecified atom stereocenters. The van der Waals surface area contributed by atoms with Crippen molar-refractivity contribution in [3.8, 4) is 0 Å². The molecule has 1 aliphatic carbocycles. The predicted octanol–water partition coefficient (Wildman–Crippen LogP) is 2.30. The van der Waals surface area contributed by atoms with E-state index in [1.807, 2.05) is 4.90 Å². The van der Waals surface area contributed by atoms with Crippen molar-refractivity contribution in [2.75, 3.05) is 20.1 Å². The third kappa shape index (κ3) is 3.29. The fraction of sp³-hybridized carbons (Fsp3) is 0.500. The maximum Gasteiger partial charge on any atom is 0.310 e. The Bertz CT molecular complexity index is 486. The van der Waals surface area contributed by atoms with Gasteiger partial charge in [0.1, 0.15) is 11.6 Å². The number of carboxylic acid groups (broad SMARTS) is 1. The van der Waals surface area contributed by atoms with Crippen LogP contribution in [0.3, 0.4) is 0 Å². The Labute approximate surface area is 110 Å². The Morgan fingerprint density at radius 3 is 2.68 bits per heavy atom. The molecule has 1 N–H and O–H groups in total. The van der Waals surface area contributed by atoms with Crippen molar-refractivity contribution in [1.82, 2.24) is 4.90 Å². The van der Waals surface area contributed by atoms with E-state index in [-0.39, 0.29) is 0 Å². The smallest absolute Gasteiger partial charge is 0.310 e. The SMILES string of the molecule is CN(CCc1cc(F)ccc1F)CC1(C(=O)O)CC1. The number of nitrogens with zero attached hydrogens (tertiary/aromatic N) is 1. The van der Waals surface area contributed by atoms with Crippen LogP contribution in [-0.4, -0.2) is 36.1 Å². The van der Waals surface area contributed by atoms with Gasteiger partial charge in [0, 0.05) is 13.1 Å². The van der Waals surface area contributed by atoms with Gasteiger partial charge in [-0.2, -0.15) is 0 Å². The summed E-state index contributed by atoms with van der Waals surface area (Å²) >= 11 is 0. The van der Waals surface area contributed by atoms with Crippen LogP contribution in [0.25, 0.3) is 0 Å². The molecule has 0 radical (unpaired) electrons. The molecule has 104 valence electrons. The first-order chi connectivity index (χ1) is 8.93. The van der Waals surface area contributed by atoms with Crippen molar-refractivity contribution in [3.05, 3.63) is 35.4 Å². The van der Waals surface area contributed by atoms with Crippen LogP contribution in [-0.2, 0) is 11.2 Å². The van der Waals surface area contributed by atoms with E-state index in [0.717, 1.165) is 12.1 Å². The van der Waals surface area contributed by atoms with Gasteiger partial charge in [-0.15, -0.1) is 0 Å². The lowest BCUT2D eigenvalue weighted by atomic mass is 10.1. The first-order valence-corrected chi connectivity index (χ1v) is 6.29. The van der Waals surface area contributed by atoms with Crippen molar-refractivity contribution < 1.29 is 18.7 Å². The van der Waals surface area contributed by atoms with Crippen molar-refractivity contribution in [2.24, 2.45) is 5.41 Å². The van der Waals surface area contributed by atoms with Crippen molar-refractivity contribution in [1.29, 1.82) is 0 Å². The van der Waals surface area contributed by atoms with Gasteiger partial charge in [0.25, 0.3) is 0 Å². The normalized spacial score (nSPS) is 16.6. The number of hydrogen-bond acceptors (Lipinski definition) is 2. The molecule has 1 fully saturated rings. The lowest BCUT2D eigenvalue weighted by Crippen LogP contribution is -2.33. The van der Waals surface area contributed by atoms with Gasteiger partial charge < -0.3 is 10.0 Å². The molecule has 0 atom stereocenters. The van der Waals surface area contributed by atoms with Crippen LogP contribution in [0.1, 0.15) is 18.4 Å². The summed E-state index contributed by atoms with van der Waals surface area (Å²) in [6.07, 6.45) is 1.76. The number of aliphatic carboxylic acids is 1. The molecule has 1 aliphatic rings. The minimum absolute atomic E-state index is 0.326. The molecular formula is C14H17F2NO2. The van der Waals surface area contributed by atoms with Gasteiger partial charge in [-0.05, 0) is 50.1 Å². The second kappa shape index (κ2) is 5.25. The quantitative estimate of drug-likeness (QED) is 0.861. The van der Waals surface area contributed by atoms with Crippen molar-refractivity contribution in [2.45, 2.75) is 19.3 Å². The lowest BCUT2D eigenvalue weighted by Gasteiger charge is -2.20.